The molecule has 0 aliphatic heterocycles. The molecule has 1 aliphatic carbocycles. The molecule has 2 aromatic rings. The number of hydrogen-bond donors (Lipinski definition) is 0. The Hall–Kier alpha value is -1.48. The second-order valence-corrected chi connectivity index (χ2v) is 4.35. The van der Waals surface area contributed by atoms with Gasteiger partial charge in [0.25, 0.3) is 0 Å². The van der Waals surface area contributed by atoms with Gasteiger partial charge in [0.1, 0.15) is 11.3 Å². The highest BCUT2D eigenvalue weighted by molar-refractivity contribution is 6.34. The molecule has 3 nitrogen and oxygen atoms in total. The summed E-state index contributed by atoms with van der Waals surface area (Å²) < 4.78 is 0. The molecule has 0 radical (unpaired) electrons. The van der Waals surface area contributed by atoms with Crippen LogP contribution in [0.15, 0.2) is 18.2 Å². The van der Waals surface area contributed by atoms with Gasteiger partial charge < -0.3 is 0 Å². The monoisotopic (exact) mass is 232 g/mol. The highest BCUT2D eigenvalue weighted by Gasteiger charge is 2.19. The Morgan fingerprint density at radius 2 is 2.00 bits per heavy atom. The second-order valence-electron chi connectivity index (χ2n) is 3.94. The van der Waals surface area contributed by atoms with E-state index in [1.165, 1.54) is 0 Å². The molecule has 0 amide bonds. The molecule has 4 heteroatoms. The van der Waals surface area contributed by atoms with Crippen molar-refractivity contribution in [2.45, 2.75) is 19.3 Å². The Kier molecular flexibility index (Phi) is 2.14. The van der Waals surface area contributed by atoms with Gasteiger partial charge in [-0.25, -0.2) is 9.97 Å². The molecule has 1 aromatic carbocycles. The van der Waals surface area contributed by atoms with Crippen LogP contribution in [0.3, 0.4) is 0 Å². The van der Waals surface area contributed by atoms with E-state index in [0.717, 1.165) is 16.9 Å². The molecule has 80 valence electrons. The van der Waals surface area contributed by atoms with E-state index in [2.05, 4.69) is 9.97 Å². The number of ketones is 1. The third-order valence-electron chi connectivity index (χ3n) is 2.81. The van der Waals surface area contributed by atoms with Crippen molar-refractivity contribution < 1.29 is 4.79 Å². The lowest BCUT2D eigenvalue weighted by Gasteiger charge is -2.13. The third kappa shape index (κ3) is 1.48. The summed E-state index contributed by atoms with van der Waals surface area (Å²) in [4.78, 5) is 20.3. The zero-order chi connectivity index (χ0) is 11.1. The summed E-state index contributed by atoms with van der Waals surface area (Å²) in [7, 11) is 0. The Morgan fingerprint density at radius 3 is 2.88 bits per heavy atom. The summed E-state index contributed by atoms with van der Waals surface area (Å²) in [6, 6.07) is 5.54. The molecule has 0 bridgehead atoms. The number of rotatable bonds is 0. The second kappa shape index (κ2) is 3.52. The number of Topliss-reactive ketones (excluding diaryl/α,β-unsaturated/α-hetero) is 1. The van der Waals surface area contributed by atoms with Crippen LogP contribution in [0.4, 0.5) is 0 Å². The summed E-state index contributed by atoms with van der Waals surface area (Å²) >= 11 is 6.05. The van der Waals surface area contributed by atoms with Crippen LogP contribution in [0.5, 0.6) is 0 Å². The van der Waals surface area contributed by atoms with E-state index in [0.29, 0.717) is 29.8 Å². The number of benzene rings is 1. The Morgan fingerprint density at radius 1 is 1.12 bits per heavy atom. The smallest absolute Gasteiger partial charge is 0.139 e. The fourth-order valence-electron chi connectivity index (χ4n) is 1.99. The van der Waals surface area contributed by atoms with Crippen LogP contribution in [0.2, 0.25) is 5.02 Å². The Bertz CT molecular complexity index is 595. The molecular formula is C12H9ClN2O. The highest BCUT2D eigenvalue weighted by Crippen LogP contribution is 2.24. The number of halogens is 1. The number of fused-ring (bicyclic) bond motifs is 2. The maximum atomic E-state index is 11.3. The number of aromatic nitrogens is 2. The lowest BCUT2D eigenvalue weighted by molar-refractivity contribution is -0.118. The van der Waals surface area contributed by atoms with Gasteiger partial charge in [0.05, 0.1) is 28.3 Å². The average Bonchev–Trinajstić information content (AvgIpc) is 2.28. The average molecular weight is 233 g/mol. The number of para-hydroxylation sites is 1. The molecule has 0 unspecified atom stereocenters. The van der Waals surface area contributed by atoms with E-state index in [4.69, 9.17) is 11.6 Å². The summed E-state index contributed by atoms with van der Waals surface area (Å²) in [5.74, 6) is 0.230. The Labute approximate surface area is 97.5 Å². The number of nitrogens with zero attached hydrogens (tertiary/aromatic N) is 2. The van der Waals surface area contributed by atoms with Crippen LogP contribution < -0.4 is 0 Å². The van der Waals surface area contributed by atoms with E-state index in [9.17, 15) is 4.79 Å². The molecule has 0 N–H and O–H groups in total. The zero-order valence-corrected chi connectivity index (χ0v) is 9.29. The van der Waals surface area contributed by atoms with Crippen LogP contribution in [-0.4, -0.2) is 15.8 Å². The standard InChI is InChI=1S/C12H9ClN2O/c13-8-2-1-3-10-12(8)15-11-6-7(16)4-5-9(11)14-10/h1-3H,4-6H2. The molecule has 1 heterocycles. The molecule has 0 spiro atoms. The lowest BCUT2D eigenvalue weighted by atomic mass is 9.99. The molecule has 0 fully saturated rings. The first-order valence-corrected chi connectivity index (χ1v) is 5.57. The SMILES string of the molecule is O=C1CCc2nc3cccc(Cl)c3nc2C1. The first-order valence-electron chi connectivity index (χ1n) is 5.20. The topological polar surface area (TPSA) is 42.9 Å². The normalized spacial score (nSPS) is 15.2. The molecule has 3 rings (SSSR count). The molecule has 0 saturated heterocycles. The molecular weight excluding hydrogens is 224 g/mol. The Balaban J connectivity index is 2.28. The van der Waals surface area contributed by atoms with Crippen LogP contribution in [0.1, 0.15) is 17.8 Å². The number of aryl methyl sites for hydroxylation is 1. The summed E-state index contributed by atoms with van der Waals surface area (Å²) in [5, 5.41) is 0.589. The molecule has 16 heavy (non-hydrogen) atoms. The third-order valence-corrected chi connectivity index (χ3v) is 3.11. The fraction of sp³-hybridized carbons (Fsp3) is 0.250. The van der Waals surface area contributed by atoms with Crippen molar-refractivity contribution in [2.24, 2.45) is 0 Å². The summed E-state index contributed by atoms with van der Waals surface area (Å²) in [6.07, 6.45) is 1.67. The first-order chi connectivity index (χ1) is 7.74. The molecule has 0 saturated carbocycles. The van der Waals surface area contributed by atoms with Gasteiger partial charge in [0, 0.05) is 6.42 Å². The maximum Gasteiger partial charge on any atom is 0.139 e. The van der Waals surface area contributed by atoms with Gasteiger partial charge in [-0.15, -0.1) is 0 Å². The van der Waals surface area contributed by atoms with E-state index in [1.54, 1.807) is 6.07 Å². The van der Waals surface area contributed by atoms with Crippen LogP contribution in [0, 0.1) is 0 Å². The minimum Gasteiger partial charge on any atom is -0.299 e. The fourth-order valence-corrected chi connectivity index (χ4v) is 2.20. The van der Waals surface area contributed by atoms with Crippen molar-refractivity contribution in [3.63, 3.8) is 0 Å². The van der Waals surface area contributed by atoms with Crippen molar-refractivity contribution >= 4 is 28.4 Å². The van der Waals surface area contributed by atoms with Crippen molar-refractivity contribution in [2.75, 3.05) is 0 Å². The van der Waals surface area contributed by atoms with Crippen molar-refractivity contribution in [3.8, 4) is 0 Å². The predicted octanol–water partition coefficient (Wildman–Crippen LogP) is 2.34. The largest absolute Gasteiger partial charge is 0.299 e. The van der Waals surface area contributed by atoms with Gasteiger partial charge in [-0.1, -0.05) is 17.7 Å². The lowest BCUT2D eigenvalue weighted by Crippen LogP contribution is -2.16. The number of carbonyl (C=O) groups is 1. The highest BCUT2D eigenvalue weighted by atomic mass is 35.5. The minimum absolute atomic E-state index is 0.230. The predicted molar refractivity (Wildman–Crippen MR) is 61.6 cm³/mol. The minimum atomic E-state index is 0.230. The summed E-state index contributed by atoms with van der Waals surface area (Å²) in [5.41, 5.74) is 3.23. The quantitative estimate of drug-likeness (QED) is 0.700. The number of carbonyl (C=O) groups excluding carboxylic acids is 1. The maximum absolute atomic E-state index is 11.3. The van der Waals surface area contributed by atoms with Gasteiger partial charge >= 0.3 is 0 Å². The van der Waals surface area contributed by atoms with E-state index in [1.807, 2.05) is 12.1 Å². The summed E-state index contributed by atoms with van der Waals surface area (Å²) in [6.45, 7) is 0. The number of hydrogen-bond acceptors (Lipinski definition) is 3. The van der Waals surface area contributed by atoms with Gasteiger partial charge in [-0.3, -0.25) is 4.79 Å². The van der Waals surface area contributed by atoms with E-state index >= 15 is 0 Å². The van der Waals surface area contributed by atoms with Gasteiger partial charge in [0.2, 0.25) is 0 Å². The van der Waals surface area contributed by atoms with Crippen LogP contribution in [0.25, 0.3) is 11.0 Å². The van der Waals surface area contributed by atoms with Gasteiger partial charge in [-0.05, 0) is 18.6 Å². The van der Waals surface area contributed by atoms with Crippen LogP contribution >= 0.6 is 11.6 Å². The first kappa shape index (κ1) is 9.73. The van der Waals surface area contributed by atoms with E-state index < -0.39 is 0 Å². The zero-order valence-electron chi connectivity index (χ0n) is 8.53. The molecule has 0 atom stereocenters. The van der Waals surface area contributed by atoms with Gasteiger partial charge in [-0.2, -0.15) is 0 Å². The van der Waals surface area contributed by atoms with Crippen molar-refractivity contribution in [3.05, 3.63) is 34.6 Å². The van der Waals surface area contributed by atoms with Crippen LogP contribution in [-0.2, 0) is 17.6 Å². The van der Waals surface area contributed by atoms with E-state index in [-0.39, 0.29) is 5.78 Å². The van der Waals surface area contributed by atoms with Gasteiger partial charge in [0.15, 0.2) is 0 Å². The van der Waals surface area contributed by atoms with Crippen molar-refractivity contribution in [1.82, 2.24) is 9.97 Å². The molecule has 1 aromatic heterocycles. The van der Waals surface area contributed by atoms with Crippen molar-refractivity contribution in [1.29, 1.82) is 0 Å². The molecule has 1 aliphatic rings.